The maximum Gasteiger partial charge on any atom is 0.321 e. The number of ether oxygens (including phenoxy) is 1. The average molecular weight is 269 g/mol. The summed E-state index contributed by atoms with van der Waals surface area (Å²) in [6, 6.07) is 9.49. The number of nitrogens with one attached hydrogen (secondary N) is 1. The largest absolute Gasteiger partial charge is 0.463 e. The minimum atomic E-state index is 0.281. The zero-order valence-electron chi connectivity index (χ0n) is 11.4. The van der Waals surface area contributed by atoms with Crippen molar-refractivity contribution in [3.8, 4) is 23.5 Å². The Kier molecular flexibility index (Phi) is 4.45. The van der Waals surface area contributed by atoms with E-state index in [1.807, 2.05) is 13.0 Å². The van der Waals surface area contributed by atoms with Crippen LogP contribution in [0.2, 0.25) is 0 Å². The molecule has 1 N–H and O–H groups in total. The van der Waals surface area contributed by atoms with Gasteiger partial charge in [0.05, 0.1) is 18.2 Å². The van der Waals surface area contributed by atoms with E-state index in [2.05, 4.69) is 26.3 Å². The number of hydrogen-bond donors (Lipinski definition) is 1. The van der Waals surface area contributed by atoms with Gasteiger partial charge in [0.2, 0.25) is 5.95 Å². The Morgan fingerprint density at radius 1 is 1.30 bits per heavy atom. The SMILES string of the molecule is CCCOc1nc(NC)nc(-c2cccc(C#N)c2)n1. The van der Waals surface area contributed by atoms with E-state index in [0.717, 1.165) is 12.0 Å². The van der Waals surface area contributed by atoms with Crippen LogP contribution in [0, 0.1) is 11.3 Å². The van der Waals surface area contributed by atoms with Crippen LogP contribution in [0.1, 0.15) is 18.9 Å². The van der Waals surface area contributed by atoms with E-state index in [-0.39, 0.29) is 6.01 Å². The minimum absolute atomic E-state index is 0.281. The molecule has 102 valence electrons. The summed E-state index contributed by atoms with van der Waals surface area (Å²) in [5.41, 5.74) is 1.31. The number of nitrogens with zero attached hydrogens (tertiary/aromatic N) is 4. The highest BCUT2D eigenvalue weighted by atomic mass is 16.5. The van der Waals surface area contributed by atoms with E-state index in [1.165, 1.54) is 0 Å². The number of hydrogen-bond acceptors (Lipinski definition) is 6. The third-order valence-corrected chi connectivity index (χ3v) is 2.52. The summed E-state index contributed by atoms with van der Waals surface area (Å²) in [5.74, 6) is 0.913. The van der Waals surface area contributed by atoms with Gasteiger partial charge in [0.1, 0.15) is 0 Å². The van der Waals surface area contributed by atoms with Crippen LogP contribution in [0.5, 0.6) is 6.01 Å². The van der Waals surface area contributed by atoms with Crippen molar-refractivity contribution < 1.29 is 4.74 Å². The molecule has 0 saturated heterocycles. The topological polar surface area (TPSA) is 83.7 Å². The molecule has 2 aromatic rings. The van der Waals surface area contributed by atoms with Crippen molar-refractivity contribution >= 4 is 5.95 Å². The average Bonchev–Trinajstić information content (AvgIpc) is 2.52. The fraction of sp³-hybridized carbons (Fsp3) is 0.286. The molecule has 6 heteroatoms. The molecule has 2 rings (SSSR count). The maximum absolute atomic E-state index is 8.94. The number of nitriles is 1. The highest BCUT2D eigenvalue weighted by molar-refractivity contribution is 5.59. The second kappa shape index (κ2) is 6.48. The summed E-state index contributed by atoms with van der Waals surface area (Å²) in [6.45, 7) is 2.56. The summed E-state index contributed by atoms with van der Waals surface area (Å²) in [4.78, 5) is 12.7. The molecule has 0 unspecified atom stereocenters. The van der Waals surface area contributed by atoms with Crippen LogP contribution in [-0.4, -0.2) is 28.6 Å². The van der Waals surface area contributed by atoms with Crippen LogP contribution in [0.3, 0.4) is 0 Å². The summed E-state index contributed by atoms with van der Waals surface area (Å²) in [7, 11) is 1.73. The first-order valence-electron chi connectivity index (χ1n) is 6.34. The first kappa shape index (κ1) is 13.7. The van der Waals surface area contributed by atoms with Gasteiger partial charge in [-0.3, -0.25) is 0 Å². The van der Waals surface area contributed by atoms with Crippen LogP contribution >= 0.6 is 0 Å². The number of aromatic nitrogens is 3. The van der Waals surface area contributed by atoms with Crippen LogP contribution in [0.15, 0.2) is 24.3 Å². The van der Waals surface area contributed by atoms with E-state index >= 15 is 0 Å². The van der Waals surface area contributed by atoms with Gasteiger partial charge in [-0.15, -0.1) is 0 Å². The van der Waals surface area contributed by atoms with Crippen molar-refractivity contribution in [2.24, 2.45) is 0 Å². The van der Waals surface area contributed by atoms with Crippen LogP contribution < -0.4 is 10.1 Å². The molecule has 0 spiro atoms. The fourth-order valence-electron chi connectivity index (χ4n) is 1.58. The standard InChI is InChI=1S/C14H15N5O/c1-3-7-20-14-18-12(17-13(16-2)19-14)11-6-4-5-10(8-11)9-15/h4-6,8H,3,7H2,1-2H3,(H,16,17,18,19). The van der Waals surface area contributed by atoms with E-state index in [0.29, 0.717) is 23.9 Å². The summed E-state index contributed by atoms with van der Waals surface area (Å²) in [5, 5.41) is 11.8. The number of rotatable bonds is 5. The second-order valence-electron chi connectivity index (χ2n) is 4.06. The van der Waals surface area contributed by atoms with Crippen molar-refractivity contribution in [1.82, 2.24) is 15.0 Å². The molecule has 0 aliphatic rings. The molecule has 0 radical (unpaired) electrons. The Hall–Kier alpha value is -2.68. The normalized spacial score (nSPS) is 9.85. The summed E-state index contributed by atoms with van der Waals surface area (Å²) < 4.78 is 5.45. The Bertz CT molecular complexity index is 636. The van der Waals surface area contributed by atoms with Gasteiger partial charge in [-0.2, -0.15) is 20.2 Å². The van der Waals surface area contributed by atoms with Crippen molar-refractivity contribution in [2.45, 2.75) is 13.3 Å². The van der Waals surface area contributed by atoms with Crippen LogP contribution in [0.4, 0.5) is 5.95 Å². The molecular weight excluding hydrogens is 254 g/mol. The van der Waals surface area contributed by atoms with Gasteiger partial charge in [0.25, 0.3) is 0 Å². The van der Waals surface area contributed by atoms with E-state index in [9.17, 15) is 0 Å². The summed E-state index contributed by atoms with van der Waals surface area (Å²) >= 11 is 0. The quantitative estimate of drug-likeness (QED) is 0.896. The molecule has 0 bridgehead atoms. The highest BCUT2D eigenvalue weighted by Crippen LogP contribution is 2.19. The molecule has 1 heterocycles. The highest BCUT2D eigenvalue weighted by Gasteiger charge is 2.09. The maximum atomic E-state index is 8.94. The molecule has 0 fully saturated rings. The smallest absolute Gasteiger partial charge is 0.321 e. The molecule has 0 aliphatic heterocycles. The number of benzene rings is 1. The molecule has 0 saturated carbocycles. The Balaban J connectivity index is 2.41. The molecule has 6 nitrogen and oxygen atoms in total. The molecule has 1 aromatic heterocycles. The predicted molar refractivity (Wildman–Crippen MR) is 75.3 cm³/mol. The van der Waals surface area contributed by atoms with Gasteiger partial charge in [-0.05, 0) is 18.6 Å². The van der Waals surface area contributed by atoms with Crippen molar-refractivity contribution in [3.63, 3.8) is 0 Å². The minimum Gasteiger partial charge on any atom is -0.463 e. The van der Waals surface area contributed by atoms with E-state index in [4.69, 9.17) is 10.00 Å². The first-order chi connectivity index (χ1) is 9.76. The Morgan fingerprint density at radius 3 is 2.85 bits per heavy atom. The van der Waals surface area contributed by atoms with Crippen molar-refractivity contribution in [2.75, 3.05) is 19.0 Å². The Morgan fingerprint density at radius 2 is 2.15 bits per heavy atom. The second-order valence-corrected chi connectivity index (χ2v) is 4.06. The molecule has 0 amide bonds. The molecule has 0 aliphatic carbocycles. The zero-order chi connectivity index (χ0) is 14.4. The van der Waals surface area contributed by atoms with Crippen molar-refractivity contribution in [1.29, 1.82) is 5.26 Å². The van der Waals surface area contributed by atoms with Gasteiger partial charge in [0.15, 0.2) is 5.82 Å². The van der Waals surface area contributed by atoms with Gasteiger partial charge in [-0.1, -0.05) is 19.1 Å². The van der Waals surface area contributed by atoms with Gasteiger partial charge >= 0.3 is 6.01 Å². The van der Waals surface area contributed by atoms with Gasteiger partial charge in [0, 0.05) is 12.6 Å². The van der Waals surface area contributed by atoms with Gasteiger partial charge < -0.3 is 10.1 Å². The lowest BCUT2D eigenvalue weighted by molar-refractivity contribution is 0.292. The zero-order valence-corrected chi connectivity index (χ0v) is 11.4. The lowest BCUT2D eigenvalue weighted by Crippen LogP contribution is -2.06. The lowest BCUT2D eigenvalue weighted by Gasteiger charge is -2.07. The molecule has 1 aromatic carbocycles. The first-order valence-corrected chi connectivity index (χ1v) is 6.34. The Labute approximate surface area is 117 Å². The third kappa shape index (κ3) is 3.20. The van der Waals surface area contributed by atoms with Crippen molar-refractivity contribution in [3.05, 3.63) is 29.8 Å². The van der Waals surface area contributed by atoms with Crippen LogP contribution in [0.25, 0.3) is 11.4 Å². The lowest BCUT2D eigenvalue weighted by atomic mass is 10.1. The summed E-state index contributed by atoms with van der Waals surface area (Å²) in [6.07, 6.45) is 0.875. The van der Waals surface area contributed by atoms with Crippen LogP contribution in [-0.2, 0) is 0 Å². The number of anilines is 1. The third-order valence-electron chi connectivity index (χ3n) is 2.52. The van der Waals surface area contributed by atoms with E-state index in [1.54, 1.807) is 25.2 Å². The predicted octanol–water partition coefficient (Wildman–Crippen LogP) is 2.24. The molecular formula is C14H15N5O. The molecule has 0 atom stereocenters. The van der Waals surface area contributed by atoms with E-state index < -0.39 is 0 Å². The monoisotopic (exact) mass is 269 g/mol. The molecule has 20 heavy (non-hydrogen) atoms. The van der Waals surface area contributed by atoms with Gasteiger partial charge in [-0.25, -0.2) is 0 Å². The fourth-order valence-corrected chi connectivity index (χ4v) is 1.58.